The standard InChI is InChI=1S/C20H21N3O2/c1-3-22(12-16-9-5-4-8-15(16)2)19(24)13-23-14-21-18-11-7-6-10-17(18)20(23)25/h4-11,14H,3,12-13H2,1-2H3. The van der Waals surface area contributed by atoms with Gasteiger partial charge in [0.1, 0.15) is 6.54 Å². The van der Waals surface area contributed by atoms with Crippen LogP contribution < -0.4 is 5.56 Å². The first-order valence-corrected chi connectivity index (χ1v) is 8.36. The van der Waals surface area contributed by atoms with Crippen LogP contribution in [0.3, 0.4) is 0 Å². The van der Waals surface area contributed by atoms with Crippen LogP contribution in [0, 0.1) is 6.92 Å². The molecule has 0 saturated carbocycles. The number of para-hydroxylation sites is 1. The molecule has 0 radical (unpaired) electrons. The smallest absolute Gasteiger partial charge is 0.261 e. The molecule has 0 fully saturated rings. The van der Waals surface area contributed by atoms with E-state index >= 15 is 0 Å². The highest BCUT2D eigenvalue weighted by molar-refractivity contribution is 5.79. The first kappa shape index (κ1) is 16.9. The van der Waals surface area contributed by atoms with Crippen LogP contribution in [-0.2, 0) is 17.9 Å². The predicted molar refractivity (Wildman–Crippen MR) is 98.3 cm³/mol. The molecular weight excluding hydrogens is 314 g/mol. The molecule has 1 amide bonds. The third kappa shape index (κ3) is 3.60. The van der Waals surface area contributed by atoms with Crippen LogP contribution in [-0.4, -0.2) is 26.9 Å². The number of hydrogen-bond acceptors (Lipinski definition) is 3. The molecule has 3 aromatic rings. The molecule has 0 aliphatic heterocycles. The minimum atomic E-state index is -0.189. The van der Waals surface area contributed by atoms with Crippen LogP contribution in [0.15, 0.2) is 59.7 Å². The number of hydrogen-bond donors (Lipinski definition) is 0. The van der Waals surface area contributed by atoms with Crippen LogP contribution in [0.2, 0.25) is 0 Å². The van der Waals surface area contributed by atoms with E-state index in [1.807, 2.05) is 44.2 Å². The summed E-state index contributed by atoms with van der Waals surface area (Å²) in [5.41, 5.74) is 2.72. The van der Waals surface area contributed by atoms with E-state index in [1.54, 1.807) is 23.1 Å². The minimum absolute atomic E-state index is 0.00358. The summed E-state index contributed by atoms with van der Waals surface area (Å²) in [4.78, 5) is 31.3. The average Bonchev–Trinajstić information content (AvgIpc) is 2.63. The molecule has 2 aromatic carbocycles. The molecule has 0 aliphatic carbocycles. The van der Waals surface area contributed by atoms with Crippen molar-refractivity contribution in [3.8, 4) is 0 Å². The van der Waals surface area contributed by atoms with E-state index < -0.39 is 0 Å². The molecule has 128 valence electrons. The van der Waals surface area contributed by atoms with E-state index in [4.69, 9.17) is 0 Å². The largest absolute Gasteiger partial charge is 0.337 e. The number of fused-ring (bicyclic) bond motifs is 1. The van der Waals surface area contributed by atoms with Gasteiger partial charge in [0, 0.05) is 13.1 Å². The second-order valence-corrected chi connectivity index (χ2v) is 6.03. The van der Waals surface area contributed by atoms with Gasteiger partial charge in [-0.3, -0.25) is 14.2 Å². The van der Waals surface area contributed by atoms with Crippen LogP contribution in [0.1, 0.15) is 18.1 Å². The molecule has 5 heteroatoms. The summed E-state index contributed by atoms with van der Waals surface area (Å²) in [6.45, 7) is 5.10. The van der Waals surface area contributed by atoms with Gasteiger partial charge in [-0.1, -0.05) is 36.4 Å². The van der Waals surface area contributed by atoms with Gasteiger partial charge >= 0.3 is 0 Å². The lowest BCUT2D eigenvalue weighted by Crippen LogP contribution is -2.36. The first-order valence-electron chi connectivity index (χ1n) is 8.36. The van der Waals surface area contributed by atoms with Crippen molar-refractivity contribution >= 4 is 16.8 Å². The van der Waals surface area contributed by atoms with Crippen LogP contribution in [0.5, 0.6) is 0 Å². The van der Waals surface area contributed by atoms with Crippen molar-refractivity contribution in [2.75, 3.05) is 6.54 Å². The number of carbonyl (C=O) groups excluding carboxylic acids is 1. The monoisotopic (exact) mass is 335 g/mol. The number of nitrogens with zero attached hydrogens (tertiary/aromatic N) is 3. The van der Waals surface area contributed by atoms with Gasteiger partial charge in [0.15, 0.2) is 0 Å². The summed E-state index contributed by atoms with van der Waals surface area (Å²) in [5.74, 6) is -0.0927. The molecule has 0 aliphatic rings. The summed E-state index contributed by atoms with van der Waals surface area (Å²) in [6.07, 6.45) is 1.45. The Morgan fingerprint density at radius 1 is 1.12 bits per heavy atom. The third-order valence-electron chi connectivity index (χ3n) is 4.39. The molecule has 0 bridgehead atoms. The van der Waals surface area contributed by atoms with Crippen LogP contribution in [0.25, 0.3) is 10.9 Å². The van der Waals surface area contributed by atoms with Gasteiger partial charge in [0.25, 0.3) is 5.56 Å². The van der Waals surface area contributed by atoms with E-state index in [1.165, 1.54) is 10.9 Å². The maximum atomic E-state index is 12.7. The summed E-state index contributed by atoms with van der Waals surface area (Å²) >= 11 is 0. The zero-order valence-electron chi connectivity index (χ0n) is 14.5. The predicted octanol–water partition coefficient (Wildman–Crippen LogP) is 2.75. The van der Waals surface area contributed by atoms with Gasteiger partial charge in [-0.15, -0.1) is 0 Å². The van der Waals surface area contributed by atoms with Crippen LogP contribution in [0.4, 0.5) is 0 Å². The first-order chi connectivity index (χ1) is 12.1. The van der Waals surface area contributed by atoms with Gasteiger partial charge < -0.3 is 4.90 Å². The molecule has 0 atom stereocenters. The Labute approximate surface area is 146 Å². The lowest BCUT2D eigenvalue weighted by Gasteiger charge is -2.22. The van der Waals surface area contributed by atoms with Crippen molar-refractivity contribution in [2.24, 2.45) is 0 Å². The van der Waals surface area contributed by atoms with Gasteiger partial charge in [-0.2, -0.15) is 0 Å². The van der Waals surface area contributed by atoms with Gasteiger partial charge in [0.05, 0.1) is 17.2 Å². The summed E-state index contributed by atoms with van der Waals surface area (Å²) in [5, 5.41) is 0.528. The molecule has 1 aromatic heterocycles. The summed E-state index contributed by atoms with van der Waals surface area (Å²) < 4.78 is 1.38. The summed E-state index contributed by atoms with van der Waals surface area (Å²) in [7, 11) is 0. The number of amides is 1. The SMILES string of the molecule is CCN(Cc1ccccc1C)C(=O)Cn1cnc2ccccc2c1=O. The highest BCUT2D eigenvalue weighted by atomic mass is 16.2. The Kier molecular flexibility index (Phi) is 4.93. The lowest BCUT2D eigenvalue weighted by atomic mass is 10.1. The number of aromatic nitrogens is 2. The van der Waals surface area contributed by atoms with Crippen molar-refractivity contribution < 1.29 is 4.79 Å². The maximum Gasteiger partial charge on any atom is 0.261 e. The highest BCUT2D eigenvalue weighted by Gasteiger charge is 2.15. The molecule has 3 rings (SSSR count). The summed E-state index contributed by atoms with van der Waals surface area (Å²) in [6, 6.07) is 15.2. The van der Waals surface area contributed by atoms with E-state index in [9.17, 15) is 9.59 Å². The molecule has 0 unspecified atom stereocenters. The topological polar surface area (TPSA) is 55.2 Å². The quantitative estimate of drug-likeness (QED) is 0.720. The molecular formula is C20H21N3O2. The van der Waals surface area contributed by atoms with Crippen molar-refractivity contribution in [2.45, 2.75) is 26.9 Å². The van der Waals surface area contributed by atoms with Crippen molar-refractivity contribution in [3.63, 3.8) is 0 Å². The molecule has 25 heavy (non-hydrogen) atoms. The van der Waals surface area contributed by atoms with Crippen molar-refractivity contribution in [3.05, 3.63) is 76.3 Å². The fourth-order valence-electron chi connectivity index (χ4n) is 2.83. The second-order valence-electron chi connectivity index (χ2n) is 6.03. The number of aryl methyl sites for hydroxylation is 1. The Balaban J connectivity index is 1.82. The third-order valence-corrected chi connectivity index (χ3v) is 4.39. The van der Waals surface area contributed by atoms with Crippen molar-refractivity contribution in [1.29, 1.82) is 0 Å². The fraction of sp³-hybridized carbons (Fsp3) is 0.250. The van der Waals surface area contributed by atoms with Gasteiger partial charge in [-0.05, 0) is 37.1 Å². The molecule has 0 spiro atoms. The highest BCUT2D eigenvalue weighted by Crippen LogP contribution is 2.11. The Hall–Kier alpha value is -2.95. The number of likely N-dealkylation sites (N-methyl/N-ethyl adjacent to an activating group) is 1. The lowest BCUT2D eigenvalue weighted by molar-refractivity contribution is -0.132. The number of benzene rings is 2. The number of rotatable bonds is 5. The molecule has 5 nitrogen and oxygen atoms in total. The average molecular weight is 335 g/mol. The Morgan fingerprint density at radius 3 is 2.60 bits per heavy atom. The zero-order valence-corrected chi connectivity index (χ0v) is 14.5. The van der Waals surface area contributed by atoms with Gasteiger partial charge in [-0.25, -0.2) is 4.98 Å². The zero-order chi connectivity index (χ0) is 17.8. The van der Waals surface area contributed by atoms with Crippen molar-refractivity contribution in [1.82, 2.24) is 14.5 Å². The molecule has 0 saturated heterocycles. The van der Waals surface area contributed by atoms with E-state index in [2.05, 4.69) is 4.98 Å². The molecule has 1 heterocycles. The van der Waals surface area contributed by atoms with E-state index in [0.717, 1.165) is 11.1 Å². The Morgan fingerprint density at radius 2 is 1.84 bits per heavy atom. The van der Waals surface area contributed by atoms with E-state index in [-0.39, 0.29) is 18.0 Å². The van der Waals surface area contributed by atoms with Gasteiger partial charge in [0.2, 0.25) is 5.91 Å². The molecule has 0 N–H and O–H groups in total. The fourth-order valence-corrected chi connectivity index (χ4v) is 2.83. The second kappa shape index (κ2) is 7.30. The minimum Gasteiger partial charge on any atom is -0.337 e. The maximum absolute atomic E-state index is 12.7. The normalized spacial score (nSPS) is 10.8. The van der Waals surface area contributed by atoms with E-state index in [0.29, 0.717) is 24.0 Å². The van der Waals surface area contributed by atoms with Crippen LogP contribution >= 0.6 is 0 Å². The number of carbonyl (C=O) groups is 1. The Bertz CT molecular complexity index is 962.